The van der Waals surface area contributed by atoms with E-state index in [2.05, 4.69) is 90.0 Å². The van der Waals surface area contributed by atoms with Crippen LogP contribution in [0.5, 0.6) is 0 Å². The smallest absolute Gasteiger partial charge is 0.313 e. The minimum absolute atomic E-state index is 0. The van der Waals surface area contributed by atoms with Gasteiger partial charge in [0.05, 0.1) is 58.1 Å². The fourth-order valence-corrected chi connectivity index (χ4v) is 18.7. The monoisotopic (exact) mass is 1450 g/mol. The van der Waals surface area contributed by atoms with Crippen LogP contribution in [0.15, 0.2) is 0 Å². The Morgan fingerprint density at radius 3 is 1.07 bits per heavy atom. The highest BCUT2D eigenvalue weighted by molar-refractivity contribution is 5.77. The summed E-state index contributed by atoms with van der Waals surface area (Å²) in [4.78, 5) is 60.0. The van der Waals surface area contributed by atoms with Gasteiger partial charge in [0.15, 0.2) is 33.0 Å². The fraction of sp³-hybridized carbons (Fsp3) is 0.943. The van der Waals surface area contributed by atoms with E-state index in [1.54, 1.807) is 0 Å². The molecule has 0 amide bonds. The molecular formula is C87H160O15. The molecule has 9 fully saturated rings. The van der Waals surface area contributed by atoms with Gasteiger partial charge in [-0.2, -0.15) is 0 Å². The molecule has 0 aromatic heterocycles. The third kappa shape index (κ3) is 20.7. The van der Waals surface area contributed by atoms with E-state index >= 15 is 0 Å². The summed E-state index contributed by atoms with van der Waals surface area (Å²) in [6.07, 6.45) is 25.0. The highest BCUT2D eigenvalue weighted by atomic mass is 16.7. The maximum Gasteiger partial charge on any atom is 0.313 e. The lowest BCUT2D eigenvalue weighted by Gasteiger charge is -2.43. The van der Waals surface area contributed by atoms with Gasteiger partial charge >= 0.3 is 29.8 Å². The normalized spacial score (nSPS) is 32.0. The zero-order valence-corrected chi connectivity index (χ0v) is 69.8. The first-order valence-corrected chi connectivity index (χ1v) is 39.8. The summed E-state index contributed by atoms with van der Waals surface area (Å²) in [7, 11) is 0. The molecule has 0 spiro atoms. The van der Waals surface area contributed by atoms with E-state index in [-0.39, 0.29) is 127 Å². The van der Waals surface area contributed by atoms with Crippen molar-refractivity contribution in [3.8, 4) is 0 Å². The van der Waals surface area contributed by atoms with Gasteiger partial charge in [0.25, 0.3) is 0 Å². The quantitative estimate of drug-likeness (QED) is 0.0345. The standard InChI is InChI=1S/2C18H32O3.2C17H30O3.C15H28O3.2CH4/c1-8-16(3,4)15(19)21-12(2)20-14-17(5,6)13-9-10-18(14,7)11-13;1-8-16(3,4)15(19)21-12(2)20-14-11-13-9-10-18(14,7)17(13,5)6;1-7-15(2,3)14(18)20-11-19-13-16(4,5)12-8-9-17(13,6)10-12;1-7-15(2,3)14(18)20-11-19-13-10-12-8-9-17(13,6)16(12,4)5;1-5-14(2,3)13(16)18-12-17-11-15(4)9-7-6-8-10-15;;/h2*12-14H,8-11H2,1-7H3;2*12-13H,7-11H2,1-6H3;5-12H2,1-4H3;2*1H4. The summed E-state index contributed by atoms with van der Waals surface area (Å²) in [6.45, 7) is 64.1. The van der Waals surface area contributed by atoms with Gasteiger partial charge in [-0.25, -0.2) is 0 Å². The molecule has 9 aliphatic rings. The van der Waals surface area contributed by atoms with Crippen LogP contribution in [0.25, 0.3) is 0 Å². The van der Waals surface area contributed by atoms with Crippen molar-refractivity contribution in [1.29, 1.82) is 0 Å². The number of esters is 5. The third-order valence-electron chi connectivity index (χ3n) is 29.8. The topological polar surface area (TPSA) is 178 Å². The molecule has 14 atom stereocenters. The Balaban J connectivity index is 0.000000330. The Kier molecular flexibility index (Phi) is 32.2. The first kappa shape index (κ1) is 93.4. The lowest BCUT2D eigenvalue weighted by atomic mass is 9.70. The summed E-state index contributed by atoms with van der Waals surface area (Å²) < 4.78 is 56.8. The SMILES string of the molecule is C.C.CCC(C)(C)C(=O)OC(C)OC1C2(C)CCC(C2)C1(C)C.CCC(C)(C)C(=O)OC(C)OC1CC2CCC1(C)C2(C)C.CCC(C)(C)C(=O)OCOC1C2(C)CCC(C2)C1(C)C.CCC(C)(C)C(=O)OCOC1CC2CCC1(C)C2(C)C.CCC(C)(C)C(=O)OCOCC1(C)CCCCC1. The average Bonchev–Trinajstić information content (AvgIpc) is 1.58. The van der Waals surface area contributed by atoms with E-state index in [9.17, 15) is 24.0 Å². The lowest BCUT2D eigenvalue weighted by Crippen LogP contribution is -2.45. The molecule has 0 saturated heterocycles. The lowest BCUT2D eigenvalue weighted by molar-refractivity contribution is -0.219. The van der Waals surface area contributed by atoms with Crippen molar-refractivity contribution in [2.24, 2.45) is 99.5 Å². The molecule has 9 aliphatic carbocycles. The van der Waals surface area contributed by atoms with Gasteiger partial charge in [-0.1, -0.05) is 159 Å². The van der Waals surface area contributed by atoms with Crippen LogP contribution in [0.3, 0.4) is 0 Å². The van der Waals surface area contributed by atoms with Crippen molar-refractivity contribution in [2.75, 3.05) is 27.0 Å². The Labute approximate surface area is 625 Å². The van der Waals surface area contributed by atoms with Gasteiger partial charge in [0.1, 0.15) is 0 Å². The third-order valence-corrected chi connectivity index (χ3v) is 29.8. The highest BCUT2D eigenvalue weighted by Gasteiger charge is 2.65. The molecule has 0 N–H and O–H groups in total. The van der Waals surface area contributed by atoms with Crippen molar-refractivity contribution in [3.63, 3.8) is 0 Å². The van der Waals surface area contributed by atoms with Crippen LogP contribution < -0.4 is 0 Å². The number of rotatable bonds is 26. The summed E-state index contributed by atoms with van der Waals surface area (Å²) in [5, 5.41) is 0. The van der Waals surface area contributed by atoms with Crippen molar-refractivity contribution in [2.45, 2.75) is 401 Å². The molecule has 0 radical (unpaired) electrons. The molecule has 8 bridgehead atoms. The van der Waals surface area contributed by atoms with Gasteiger partial charge in [-0.15, -0.1) is 0 Å². The molecular weight excluding hydrogens is 1280 g/mol. The average molecular weight is 1450 g/mol. The molecule has 0 aromatic carbocycles. The number of ether oxygens (including phenoxy) is 10. The molecule has 0 aliphatic heterocycles. The van der Waals surface area contributed by atoms with Gasteiger partial charge in [-0.05, 0) is 277 Å². The second-order valence-corrected chi connectivity index (χ2v) is 39.9. The maximum absolute atomic E-state index is 12.2. The molecule has 598 valence electrons. The molecule has 14 unspecified atom stereocenters. The van der Waals surface area contributed by atoms with Crippen molar-refractivity contribution in [1.82, 2.24) is 0 Å². The van der Waals surface area contributed by atoms with Crippen LogP contribution in [0.1, 0.15) is 364 Å². The van der Waals surface area contributed by atoms with Crippen LogP contribution in [0, 0.1) is 99.5 Å². The molecule has 15 heteroatoms. The fourth-order valence-electron chi connectivity index (χ4n) is 18.7. The first-order chi connectivity index (χ1) is 45.7. The van der Waals surface area contributed by atoms with E-state index in [4.69, 9.17) is 47.4 Å². The van der Waals surface area contributed by atoms with E-state index in [1.165, 1.54) is 96.3 Å². The molecule has 9 saturated carbocycles. The Hall–Kier alpha value is -2.85. The zero-order chi connectivity index (χ0) is 76.1. The maximum atomic E-state index is 12.2. The second kappa shape index (κ2) is 35.2. The predicted molar refractivity (Wildman–Crippen MR) is 411 cm³/mol. The van der Waals surface area contributed by atoms with Gasteiger partial charge in [0, 0.05) is 0 Å². The van der Waals surface area contributed by atoms with Gasteiger partial charge in [0.2, 0.25) is 0 Å². The van der Waals surface area contributed by atoms with E-state index in [1.807, 2.05) is 118 Å². The van der Waals surface area contributed by atoms with Crippen LogP contribution >= 0.6 is 0 Å². The number of hydrogen-bond acceptors (Lipinski definition) is 15. The van der Waals surface area contributed by atoms with E-state index in [0.29, 0.717) is 17.4 Å². The van der Waals surface area contributed by atoms with Crippen molar-refractivity contribution < 1.29 is 71.3 Å². The van der Waals surface area contributed by atoms with Crippen LogP contribution in [-0.4, -0.2) is 93.8 Å². The first-order valence-electron chi connectivity index (χ1n) is 39.8. The summed E-state index contributed by atoms with van der Waals surface area (Å²) in [6, 6.07) is 0. The second-order valence-electron chi connectivity index (χ2n) is 39.9. The van der Waals surface area contributed by atoms with Crippen LogP contribution in [0.4, 0.5) is 0 Å². The Morgan fingerprint density at radius 2 is 0.725 bits per heavy atom. The number of hydrogen-bond donors (Lipinski definition) is 0. The van der Waals surface area contributed by atoms with Gasteiger partial charge < -0.3 is 47.4 Å². The number of carbonyl (C=O) groups is 5. The molecule has 0 aromatic rings. The summed E-state index contributed by atoms with van der Waals surface area (Å²) >= 11 is 0. The zero-order valence-electron chi connectivity index (χ0n) is 69.8. The summed E-state index contributed by atoms with van der Waals surface area (Å²) in [5.74, 6) is 2.16. The Bertz CT molecular complexity index is 2690. The number of carbonyl (C=O) groups excluding carboxylic acids is 5. The Morgan fingerprint density at radius 1 is 0.392 bits per heavy atom. The van der Waals surface area contributed by atoms with E-state index < -0.39 is 39.7 Å². The molecule has 15 nitrogen and oxygen atoms in total. The minimum atomic E-state index is -0.469. The predicted octanol–water partition coefficient (Wildman–Crippen LogP) is 22.6. The largest absolute Gasteiger partial charge is 0.438 e. The number of fused-ring (bicyclic) bond motifs is 8. The van der Waals surface area contributed by atoms with Gasteiger partial charge in [-0.3, -0.25) is 24.0 Å². The van der Waals surface area contributed by atoms with Crippen LogP contribution in [0.2, 0.25) is 0 Å². The molecule has 9 rings (SSSR count). The minimum Gasteiger partial charge on any atom is -0.438 e. The molecule has 0 heterocycles. The molecule has 102 heavy (non-hydrogen) atoms. The summed E-state index contributed by atoms with van der Waals surface area (Å²) in [5.41, 5.74) is 0.143. The van der Waals surface area contributed by atoms with E-state index in [0.717, 1.165) is 68.6 Å². The van der Waals surface area contributed by atoms with Crippen molar-refractivity contribution in [3.05, 3.63) is 0 Å². The highest BCUT2D eigenvalue weighted by Crippen LogP contribution is 2.68. The van der Waals surface area contributed by atoms with Crippen molar-refractivity contribution >= 4 is 29.8 Å². The van der Waals surface area contributed by atoms with Crippen LogP contribution in [-0.2, 0) is 71.3 Å².